The van der Waals surface area contributed by atoms with Crippen molar-refractivity contribution in [2.75, 3.05) is 5.75 Å². The van der Waals surface area contributed by atoms with Gasteiger partial charge >= 0.3 is 0 Å². The van der Waals surface area contributed by atoms with Crippen LogP contribution in [-0.2, 0) is 11.3 Å². The second-order valence-electron chi connectivity index (χ2n) is 8.16. The first kappa shape index (κ1) is 25.6. The molecule has 1 amide bonds. The zero-order valence-electron chi connectivity index (χ0n) is 19.1. The molecule has 1 aromatic heterocycles. The van der Waals surface area contributed by atoms with Gasteiger partial charge in [-0.15, -0.1) is 10.2 Å². The second kappa shape index (κ2) is 11.5. The van der Waals surface area contributed by atoms with E-state index in [9.17, 15) is 4.79 Å². The van der Waals surface area contributed by atoms with E-state index >= 15 is 0 Å². The highest BCUT2D eigenvalue weighted by Crippen LogP contribution is 2.32. The van der Waals surface area contributed by atoms with Gasteiger partial charge in [-0.1, -0.05) is 84.7 Å². The maximum atomic E-state index is 12.6. The lowest BCUT2D eigenvalue weighted by Gasteiger charge is -2.17. The number of aromatic nitrogens is 3. The highest BCUT2D eigenvalue weighted by Gasteiger charge is 2.20. The smallest absolute Gasteiger partial charge is 0.230 e. The Morgan fingerprint density at radius 3 is 2.40 bits per heavy atom. The molecule has 0 saturated heterocycles. The molecule has 4 aromatic rings. The van der Waals surface area contributed by atoms with Crippen LogP contribution in [0.5, 0.6) is 0 Å². The molecule has 0 unspecified atom stereocenters. The first-order valence-electron chi connectivity index (χ1n) is 11.0. The summed E-state index contributed by atoms with van der Waals surface area (Å²) in [4.78, 5) is 12.6. The molecule has 0 saturated carbocycles. The van der Waals surface area contributed by atoms with Crippen LogP contribution in [0.25, 0.3) is 17.1 Å². The van der Waals surface area contributed by atoms with Crippen molar-refractivity contribution in [3.05, 3.63) is 92.9 Å². The Labute approximate surface area is 223 Å². The van der Waals surface area contributed by atoms with Gasteiger partial charge in [0.1, 0.15) is 0 Å². The van der Waals surface area contributed by atoms with Gasteiger partial charge in [0.25, 0.3) is 0 Å². The maximum Gasteiger partial charge on any atom is 0.230 e. The number of halogens is 3. The standard InChI is InChI=1S/C26H23Cl3N4OS/c1-16(2)21-5-3-4-6-23(21)33-25(17-7-10-19(27)11-8-17)31-32-26(33)35-15-24(34)30-14-18-9-12-20(28)13-22(18)29/h3-13,16H,14-15H2,1-2H3,(H,30,34). The number of carbonyl (C=O) groups excluding carboxylic acids is 1. The summed E-state index contributed by atoms with van der Waals surface area (Å²) in [6.07, 6.45) is 0. The summed E-state index contributed by atoms with van der Waals surface area (Å²) < 4.78 is 2.01. The fraction of sp³-hybridized carbons (Fsp3) is 0.192. The largest absolute Gasteiger partial charge is 0.351 e. The van der Waals surface area contributed by atoms with Crippen molar-refractivity contribution in [2.45, 2.75) is 31.5 Å². The van der Waals surface area contributed by atoms with Gasteiger partial charge in [0.05, 0.1) is 11.4 Å². The molecule has 0 aliphatic carbocycles. The van der Waals surface area contributed by atoms with Crippen LogP contribution in [0.4, 0.5) is 0 Å². The second-order valence-corrected chi connectivity index (χ2v) is 10.4. The number of benzene rings is 3. The Kier molecular flexibility index (Phi) is 8.39. The molecule has 9 heteroatoms. The van der Waals surface area contributed by atoms with Crippen LogP contribution in [0.3, 0.4) is 0 Å². The van der Waals surface area contributed by atoms with Gasteiger partial charge in [-0.05, 0) is 59.5 Å². The molecule has 0 fully saturated rings. The van der Waals surface area contributed by atoms with Crippen LogP contribution in [0, 0.1) is 0 Å². The summed E-state index contributed by atoms with van der Waals surface area (Å²) in [6, 6.07) is 20.8. The SMILES string of the molecule is CC(C)c1ccccc1-n1c(SCC(=O)NCc2ccc(Cl)cc2Cl)nnc1-c1ccc(Cl)cc1. The van der Waals surface area contributed by atoms with Gasteiger partial charge in [0.15, 0.2) is 11.0 Å². The van der Waals surface area contributed by atoms with Gasteiger partial charge in [0.2, 0.25) is 5.91 Å². The molecule has 180 valence electrons. The van der Waals surface area contributed by atoms with E-state index in [1.165, 1.54) is 11.8 Å². The van der Waals surface area contributed by atoms with E-state index in [1.807, 2.05) is 47.0 Å². The number of thioether (sulfide) groups is 1. The highest BCUT2D eigenvalue weighted by molar-refractivity contribution is 7.99. The van der Waals surface area contributed by atoms with Crippen molar-refractivity contribution in [3.63, 3.8) is 0 Å². The summed E-state index contributed by atoms with van der Waals surface area (Å²) in [6.45, 7) is 4.61. The Balaban J connectivity index is 1.59. The quantitative estimate of drug-likeness (QED) is 0.234. The van der Waals surface area contributed by atoms with Crippen molar-refractivity contribution in [2.24, 2.45) is 0 Å². The fourth-order valence-electron chi connectivity index (χ4n) is 3.59. The lowest BCUT2D eigenvalue weighted by atomic mass is 10.0. The zero-order chi connectivity index (χ0) is 24.9. The van der Waals surface area contributed by atoms with Crippen molar-refractivity contribution >= 4 is 52.5 Å². The van der Waals surface area contributed by atoms with Crippen molar-refractivity contribution < 1.29 is 4.79 Å². The predicted molar refractivity (Wildman–Crippen MR) is 145 cm³/mol. The number of amides is 1. The van der Waals surface area contributed by atoms with Gasteiger partial charge in [-0.3, -0.25) is 9.36 Å². The van der Waals surface area contributed by atoms with Gasteiger partial charge in [-0.25, -0.2) is 0 Å². The Bertz CT molecular complexity index is 1340. The number of hydrogen-bond acceptors (Lipinski definition) is 4. The summed E-state index contributed by atoms with van der Waals surface area (Å²) in [5.74, 6) is 1.01. The first-order valence-corrected chi connectivity index (χ1v) is 13.1. The lowest BCUT2D eigenvalue weighted by molar-refractivity contribution is -0.118. The molecule has 35 heavy (non-hydrogen) atoms. The monoisotopic (exact) mass is 544 g/mol. The van der Waals surface area contributed by atoms with Crippen LogP contribution < -0.4 is 5.32 Å². The van der Waals surface area contributed by atoms with Crippen LogP contribution >= 0.6 is 46.6 Å². The molecular weight excluding hydrogens is 523 g/mol. The van der Waals surface area contributed by atoms with Crippen LogP contribution in [0.15, 0.2) is 71.9 Å². The average molecular weight is 546 g/mol. The van der Waals surface area contributed by atoms with E-state index in [2.05, 4.69) is 35.4 Å². The van der Waals surface area contributed by atoms with Crippen LogP contribution in [0.1, 0.15) is 30.9 Å². The van der Waals surface area contributed by atoms with E-state index < -0.39 is 0 Å². The van der Waals surface area contributed by atoms with Gasteiger partial charge in [0, 0.05) is 27.2 Å². The molecule has 0 aliphatic heterocycles. The predicted octanol–water partition coefficient (Wildman–Crippen LogP) is 7.43. The van der Waals surface area contributed by atoms with Crippen LogP contribution in [0.2, 0.25) is 15.1 Å². The molecule has 3 aromatic carbocycles. The molecule has 1 N–H and O–H groups in total. The third-order valence-electron chi connectivity index (χ3n) is 5.36. The zero-order valence-corrected chi connectivity index (χ0v) is 22.2. The minimum absolute atomic E-state index is 0.138. The van der Waals surface area contributed by atoms with E-state index in [-0.39, 0.29) is 17.6 Å². The Morgan fingerprint density at radius 1 is 0.971 bits per heavy atom. The lowest BCUT2D eigenvalue weighted by Crippen LogP contribution is -2.24. The van der Waals surface area contributed by atoms with Crippen molar-refractivity contribution in [1.29, 1.82) is 0 Å². The first-order chi connectivity index (χ1) is 16.8. The molecule has 0 spiro atoms. The molecule has 0 radical (unpaired) electrons. The normalized spacial score (nSPS) is 11.1. The summed E-state index contributed by atoms with van der Waals surface area (Å²) in [5, 5.41) is 14.2. The molecule has 0 bridgehead atoms. The Morgan fingerprint density at radius 2 is 1.69 bits per heavy atom. The van der Waals surface area contributed by atoms with E-state index in [0.717, 1.165) is 22.4 Å². The average Bonchev–Trinajstić information content (AvgIpc) is 3.26. The van der Waals surface area contributed by atoms with Crippen molar-refractivity contribution in [3.8, 4) is 17.1 Å². The molecule has 0 aliphatic rings. The topological polar surface area (TPSA) is 59.8 Å². The number of hydrogen-bond donors (Lipinski definition) is 1. The summed E-state index contributed by atoms with van der Waals surface area (Å²) in [7, 11) is 0. The molecule has 4 rings (SSSR count). The molecule has 0 atom stereocenters. The summed E-state index contributed by atoms with van der Waals surface area (Å²) >= 11 is 19.6. The van der Waals surface area contributed by atoms with E-state index in [1.54, 1.807) is 18.2 Å². The van der Waals surface area contributed by atoms with Crippen LogP contribution in [-0.4, -0.2) is 26.4 Å². The Hall–Kier alpha value is -2.51. The minimum Gasteiger partial charge on any atom is -0.351 e. The molecule has 5 nitrogen and oxygen atoms in total. The van der Waals surface area contributed by atoms with E-state index in [4.69, 9.17) is 34.8 Å². The van der Waals surface area contributed by atoms with Crippen molar-refractivity contribution in [1.82, 2.24) is 20.1 Å². The van der Waals surface area contributed by atoms with Gasteiger partial charge < -0.3 is 5.32 Å². The molecule has 1 heterocycles. The van der Waals surface area contributed by atoms with E-state index in [0.29, 0.717) is 32.6 Å². The summed E-state index contributed by atoms with van der Waals surface area (Å²) in [5.41, 5.74) is 3.82. The number of nitrogens with zero attached hydrogens (tertiary/aromatic N) is 3. The number of rotatable bonds is 8. The number of carbonyl (C=O) groups is 1. The number of para-hydroxylation sites is 1. The highest BCUT2D eigenvalue weighted by atomic mass is 35.5. The third kappa shape index (κ3) is 6.19. The molecular formula is C26H23Cl3N4OS. The maximum absolute atomic E-state index is 12.6. The fourth-order valence-corrected chi connectivity index (χ4v) is 4.96. The minimum atomic E-state index is -0.138. The van der Waals surface area contributed by atoms with Gasteiger partial charge in [-0.2, -0.15) is 0 Å². The third-order valence-corrected chi connectivity index (χ3v) is 7.13. The number of nitrogens with one attached hydrogen (secondary N) is 1.